The Bertz CT molecular complexity index is 449. The van der Waals surface area contributed by atoms with E-state index in [2.05, 4.69) is 31.9 Å². The highest BCUT2D eigenvalue weighted by atomic mass is 15.2. The van der Waals surface area contributed by atoms with E-state index in [0.717, 1.165) is 30.4 Å². The molecular weight excluding hydrogens is 264 g/mol. The summed E-state index contributed by atoms with van der Waals surface area (Å²) in [6.45, 7) is 8.26. The fraction of sp³-hybridized carbons (Fsp3) is 0.733. The summed E-state index contributed by atoms with van der Waals surface area (Å²) in [6, 6.07) is 0. The number of likely N-dealkylation sites (N-methyl/N-ethyl adjacent to an activating group) is 1. The summed E-state index contributed by atoms with van der Waals surface area (Å²) in [4.78, 5) is 7.39. The Morgan fingerprint density at radius 1 is 1.05 bits per heavy atom. The highest BCUT2D eigenvalue weighted by Gasteiger charge is 2.24. The van der Waals surface area contributed by atoms with Crippen LogP contribution in [0.4, 0.5) is 11.4 Å². The first-order chi connectivity index (χ1) is 10.2. The maximum absolute atomic E-state index is 5.99. The van der Waals surface area contributed by atoms with Crippen LogP contribution in [0.1, 0.15) is 12.8 Å². The van der Waals surface area contributed by atoms with Crippen LogP contribution in [0.2, 0.25) is 0 Å². The molecule has 1 aromatic heterocycles. The zero-order valence-electron chi connectivity index (χ0n) is 12.9. The zero-order valence-corrected chi connectivity index (χ0v) is 12.9. The second-order valence-corrected chi connectivity index (χ2v) is 6.36. The van der Waals surface area contributed by atoms with Crippen LogP contribution in [0.25, 0.3) is 0 Å². The lowest BCUT2D eigenvalue weighted by atomic mass is 9.95. The highest BCUT2D eigenvalue weighted by molar-refractivity contribution is 5.64. The van der Waals surface area contributed by atoms with Gasteiger partial charge in [0.25, 0.3) is 0 Å². The number of aromatic nitrogens is 2. The Kier molecular flexibility index (Phi) is 4.55. The Balaban J connectivity index is 1.48. The SMILES string of the molecule is CN1CCN(CC2CCN(c3cnncc3N)CC2)CC1. The van der Waals surface area contributed by atoms with Crippen LogP contribution in [0, 0.1) is 5.92 Å². The highest BCUT2D eigenvalue weighted by Crippen LogP contribution is 2.27. The van der Waals surface area contributed by atoms with Gasteiger partial charge in [0.15, 0.2) is 0 Å². The number of nitrogen functional groups attached to an aromatic ring is 1. The van der Waals surface area contributed by atoms with E-state index in [1.165, 1.54) is 45.6 Å². The van der Waals surface area contributed by atoms with E-state index < -0.39 is 0 Å². The molecule has 0 amide bonds. The molecule has 0 aromatic carbocycles. The van der Waals surface area contributed by atoms with Gasteiger partial charge in [0, 0.05) is 45.8 Å². The lowest BCUT2D eigenvalue weighted by molar-refractivity contribution is 0.129. The molecule has 0 saturated carbocycles. The maximum atomic E-state index is 5.99. The molecule has 6 heteroatoms. The Morgan fingerprint density at radius 3 is 2.38 bits per heavy atom. The van der Waals surface area contributed by atoms with Crippen LogP contribution >= 0.6 is 0 Å². The van der Waals surface area contributed by atoms with Crippen molar-refractivity contribution in [1.82, 2.24) is 20.0 Å². The third kappa shape index (κ3) is 3.63. The molecule has 6 nitrogen and oxygen atoms in total. The standard InChI is InChI=1S/C15H26N6/c1-19-6-8-20(9-7-19)12-13-2-4-21(5-3-13)15-11-18-17-10-14(15)16/h10-11,13H,2-9,12H2,1H3,(H2,16,18). The summed E-state index contributed by atoms with van der Waals surface area (Å²) in [7, 11) is 2.21. The second kappa shape index (κ2) is 6.58. The number of piperazine rings is 1. The minimum atomic E-state index is 0.738. The van der Waals surface area contributed by atoms with E-state index in [1.807, 2.05) is 0 Å². The molecule has 1 aromatic rings. The number of rotatable bonds is 3. The summed E-state index contributed by atoms with van der Waals surface area (Å²) >= 11 is 0. The first-order valence-electron chi connectivity index (χ1n) is 7.94. The third-order valence-electron chi connectivity index (χ3n) is 4.81. The van der Waals surface area contributed by atoms with Crippen molar-refractivity contribution in [2.24, 2.45) is 5.92 Å². The van der Waals surface area contributed by atoms with E-state index in [9.17, 15) is 0 Å². The largest absolute Gasteiger partial charge is 0.396 e. The average Bonchev–Trinajstić information content (AvgIpc) is 2.51. The summed E-state index contributed by atoms with van der Waals surface area (Å²) in [5.74, 6) is 0.820. The average molecular weight is 290 g/mol. The Hall–Kier alpha value is -1.40. The van der Waals surface area contributed by atoms with Gasteiger partial charge in [0.05, 0.1) is 23.8 Å². The summed E-state index contributed by atoms with van der Waals surface area (Å²) in [6.07, 6.45) is 5.92. The number of anilines is 2. The van der Waals surface area contributed by atoms with E-state index >= 15 is 0 Å². The van der Waals surface area contributed by atoms with E-state index in [-0.39, 0.29) is 0 Å². The van der Waals surface area contributed by atoms with Gasteiger partial charge in [-0.2, -0.15) is 10.2 Å². The molecule has 2 fully saturated rings. The van der Waals surface area contributed by atoms with Gasteiger partial charge in [-0.1, -0.05) is 0 Å². The molecule has 0 spiro atoms. The summed E-state index contributed by atoms with van der Waals surface area (Å²) in [5, 5.41) is 7.78. The minimum Gasteiger partial charge on any atom is -0.396 e. The fourth-order valence-corrected chi connectivity index (χ4v) is 3.34. The predicted molar refractivity (Wildman–Crippen MR) is 85.3 cm³/mol. The van der Waals surface area contributed by atoms with Crippen molar-refractivity contribution in [3.05, 3.63) is 12.4 Å². The molecule has 21 heavy (non-hydrogen) atoms. The van der Waals surface area contributed by atoms with Gasteiger partial charge in [0.1, 0.15) is 0 Å². The molecular formula is C15H26N6. The maximum Gasteiger partial charge on any atom is 0.0821 e. The molecule has 2 saturated heterocycles. The Labute approximate surface area is 126 Å². The lowest BCUT2D eigenvalue weighted by Crippen LogP contribution is -2.47. The van der Waals surface area contributed by atoms with Crippen LogP contribution in [-0.2, 0) is 0 Å². The van der Waals surface area contributed by atoms with Crippen LogP contribution in [-0.4, -0.2) is 72.9 Å². The van der Waals surface area contributed by atoms with Crippen molar-refractivity contribution >= 4 is 11.4 Å². The first-order valence-corrected chi connectivity index (χ1v) is 7.94. The van der Waals surface area contributed by atoms with Crippen LogP contribution < -0.4 is 10.6 Å². The molecule has 0 bridgehead atoms. The minimum absolute atomic E-state index is 0.738. The molecule has 3 rings (SSSR count). The van der Waals surface area contributed by atoms with Gasteiger partial charge in [-0.05, 0) is 25.8 Å². The summed E-state index contributed by atoms with van der Waals surface area (Å²) in [5.41, 5.74) is 7.77. The zero-order chi connectivity index (χ0) is 14.7. The fourth-order valence-electron chi connectivity index (χ4n) is 3.34. The molecule has 0 aliphatic carbocycles. The predicted octanol–water partition coefficient (Wildman–Crippen LogP) is 0.523. The molecule has 0 atom stereocenters. The summed E-state index contributed by atoms with van der Waals surface area (Å²) < 4.78 is 0. The van der Waals surface area contributed by atoms with Crippen molar-refractivity contribution in [1.29, 1.82) is 0 Å². The number of hydrogen-bond acceptors (Lipinski definition) is 6. The molecule has 2 N–H and O–H groups in total. The van der Waals surface area contributed by atoms with Gasteiger partial charge < -0.3 is 20.4 Å². The van der Waals surface area contributed by atoms with Crippen molar-refractivity contribution in [2.45, 2.75) is 12.8 Å². The van der Waals surface area contributed by atoms with E-state index in [0.29, 0.717) is 0 Å². The van der Waals surface area contributed by atoms with Crippen LogP contribution in [0.15, 0.2) is 12.4 Å². The van der Waals surface area contributed by atoms with Gasteiger partial charge in [-0.25, -0.2) is 0 Å². The van der Waals surface area contributed by atoms with Gasteiger partial charge >= 0.3 is 0 Å². The van der Waals surface area contributed by atoms with Gasteiger partial charge in [0.2, 0.25) is 0 Å². The van der Waals surface area contributed by atoms with Crippen molar-refractivity contribution in [3.63, 3.8) is 0 Å². The smallest absolute Gasteiger partial charge is 0.0821 e. The molecule has 3 heterocycles. The molecule has 0 unspecified atom stereocenters. The molecule has 0 radical (unpaired) electrons. The molecule has 2 aliphatic heterocycles. The normalized spacial score (nSPS) is 22.6. The quantitative estimate of drug-likeness (QED) is 0.876. The van der Waals surface area contributed by atoms with Crippen LogP contribution in [0.3, 0.4) is 0 Å². The monoisotopic (exact) mass is 290 g/mol. The van der Waals surface area contributed by atoms with E-state index in [1.54, 1.807) is 12.4 Å². The number of nitrogens with zero attached hydrogens (tertiary/aromatic N) is 5. The number of nitrogens with two attached hydrogens (primary N) is 1. The number of piperidine rings is 1. The van der Waals surface area contributed by atoms with Crippen molar-refractivity contribution in [3.8, 4) is 0 Å². The van der Waals surface area contributed by atoms with E-state index in [4.69, 9.17) is 5.73 Å². The van der Waals surface area contributed by atoms with Gasteiger partial charge in [-0.15, -0.1) is 0 Å². The Morgan fingerprint density at radius 2 is 1.71 bits per heavy atom. The first kappa shape index (κ1) is 14.5. The molecule has 116 valence electrons. The third-order valence-corrected chi connectivity index (χ3v) is 4.81. The van der Waals surface area contributed by atoms with Crippen molar-refractivity contribution < 1.29 is 0 Å². The molecule has 2 aliphatic rings. The van der Waals surface area contributed by atoms with Gasteiger partial charge in [-0.3, -0.25) is 0 Å². The van der Waals surface area contributed by atoms with Crippen LogP contribution in [0.5, 0.6) is 0 Å². The number of hydrogen-bond donors (Lipinski definition) is 1. The lowest BCUT2D eigenvalue weighted by Gasteiger charge is -2.38. The van der Waals surface area contributed by atoms with Crippen molar-refractivity contribution in [2.75, 3.05) is 63.5 Å². The topological polar surface area (TPSA) is 61.5 Å². The second-order valence-electron chi connectivity index (χ2n) is 6.36.